The van der Waals surface area contributed by atoms with E-state index in [-0.39, 0.29) is 5.69 Å². The molecule has 4 nitrogen and oxygen atoms in total. The molecule has 1 N–H and O–H groups in total. The van der Waals surface area contributed by atoms with Gasteiger partial charge in [-0.1, -0.05) is 19.1 Å². The Kier molecular flexibility index (Phi) is 3.94. The molecule has 0 aliphatic heterocycles. The first-order valence-electron chi connectivity index (χ1n) is 5.49. The van der Waals surface area contributed by atoms with Gasteiger partial charge in [0.25, 0.3) is 0 Å². The Labute approximate surface area is 109 Å². The molecule has 5 heteroatoms. The standard InChI is InChI=1S/C13H12N2O2S/c1-2-18-10-5-3-9(4-6-10)11-7-14-8-12(15-11)13(16)17/h3-8H,2H2,1H3,(H,16,17). The van der Waals surface area contributed by atoms with Crippen LogP contribution in [0.4, 0.5) is 0 Å². The van der Waals surface area contributed by atoms with Crippen LogP contribution in [0.25, 0.3) is 11.3 Å². The third-order valence-electron chi connectivity index (χ3n) is 2.31. The smallest absolute Gasteiger partial charge is 0.356 e. The molecule has 0 atom stereocenters. The number of benzene rings is 1. The van der Waals surface area contributed by atoms with Gasteiger partial charge >= 0.3 is 5.97 Å². The monoisotopic (exact) mass is 260 g/mol. The Balaban J connectivity index is 2.30. The Morgan fingerprint density at radius 1 is 1.28 bits per heavy atom. The molecule has 0 radical (unpaired) electrons. The van der Waals surface area contributed by atoms with Gasteiger partial charge in [-0.05, 0) is 17.9 Å². The van der Waals surface area contributed by atoms with Crippen LogP contribution in [0.15, 0.2) is 41.6 Å². The largest absolute Gasteiger partial charge is 0.476 e. The summed E-state index contributed by atoms with van der Waals surface area (Å²) in [5.74, 6) is -0.0456. The summed E-state index contributed by atoms with van der Waals surface area (Å²) in [5, 5.41) is 8.86. The Bertz CT molecular complexity index is 555. The maximum absolute atomic E-state index is 10.8. The van der Waals surface area contributed by atoms with Crippen molar-refractivity contribution in [3.63, 3.8) is 0 Å². The van der Waals surface area contributed by atoms with Gasteiger partial charge in [-0.15, -0.1) is 11.8 Å². The van der Waals surface area contributed by atoms with E-state index in [4.69, 9.17) is 5.11 Å². The molecule has 0 unspecified atom stereocenters. The molecule has 0 spiro atoms. The van der Waals surface area contributed by atoms with Gasteiger partial charge in [0.15, 0.2) is 5.69 Å². The molecule has 0 fully saturated rings. The van der Waals surface area contributed by atoms with E-state index in [2.05, 4.69) is 16.9 Å². The Morgan fingerprint density at radius 2 is 2.00 bits per heavy atom. The van der Waals surface area contributed by atoms with Crippen molar-refractivity contribution in [3.8, 4) is 11.3 Å². The fraction of sp³-hybridized carbons (Fsp3) is 0.154. The van der Waals surface area contributed by atoms with E-state index >= 15 is 0 Å². The number of carbonyl (C=O) groups is 1. The average molecular weight is 260 g/mol. The lowest BCUT2D eigenvalue weighted by molar-refractivity contribution is 0.0690. The fourth-order valence-corrected chi connectivity index (χ4v) is 2.16. The van der Waals surface area contributed by atoms with Gasteiger partial charge in [0.2, 0.25) is 0 Å². The molecule has 0 saturated heterocycles. The molecule has 0 amide bonds. The highest BCUT2D eigenvalue weighted by Gasteiger charge is 2.07. The summed E-state index contributed by atoms with van der Waals surface area (Å²) in [4.78, 5) is 19.9. The van der Waals surface area contributed by atoms with Gasteiger partial charge in [-0.3, -0.25) is 4.98 Å². The number of rotatable bonds is 4. The summed E-state index contributed by atoms with van der Waals surface area (Å²) in [5.41, 5.74) is 1.40. The van der Waals surface area contributed by atoms with Crippen molar-refractivity contribution in [2.45, 2.75) is 11.8 Å². The minimum Gasteiger partial charge on any atom is -0.476 e. The van der Waals surface area contributed by atoms with Crippen LogP contribution in [-0.2, 0) is 0 Å². The summed E-state index contributed by atoms with van der Waals surface area (Å²) < 4.78 is 0. The van der Waals surface area contributed by atoms with Gasteiger partial charge in [0, 0.05) is 10.5 Å². The number of carboxylic acids is 1. The highest BCUT2D eigenvalue weighted by Crippen LogP contribution is 2.22. The molecule has 1 heterocycles. The Hall–Kier alpha value is -1.88. The molecule has 1 aromatic heterocycles. The van der Waals surface area contributed by atoms with Crippen molar-refractivity contribution in [1.29, 1.82) is 0 Å². The van der Waals surface area contributed by atoms with Gasteiger partial charge in [-0.25, -0.2) is 9.78 Å². The van der Waals surface area contributed by atoms with Crippen LogP contribution < -0.4 is 0 Å². The molecular formula is C13H12N2O2S. The number of nitrogens with zero attached hydrogens (tertiary/aromatic N) is 2. The van der Waals surface area contributed by atoms with Crippen molar-refractivity contribution in [2.24, 2.45) is 0 Å². The van der Waals surface area contributed by atoms with Crippen molar-refractivity contribution in [3.05, 3.63) is 42.4 Å². The number of hydrogen-bond acceptors (Lipinski definition) is 4. The average Bonchev–Trinajstić information content (AvgIpc) is 2.40. The number of aromatic carboxylic acids is 1. The third-order valence-corrected chi connectivity index (χ3v) is 3.21. The van der Waals surface area contributed by atoms with Crippen LogP contribution in [0.5, 0.6) is 0 Å². The molecule has 0 aliphatic rings. The lowest BCUT2D eigenvalue weighted by Crippen LogP contribution is -2.01. The first kappa shape index (κ1) is 12.6. The molecule has 0 saturated carbocycles. The van der Waals surface area contributed by atoms with E-state index in [0.29, 0.717) is 5.69 Å². The predicted molar refractivity (Wildman–Crippen MR) is 70.8 cm³/mol. The quantitative estimate of drug-likeness (QED) is 0.856. The molecule has 18 heavy (non-hydrogen) atoms. The summed E-state index contributed by atoms with van der Waals surface area (Å²) in [6.07, 6.45) is 2.81. The SMILES string of the molecule is CCSc1ccc(-c2cncc(C(=O)O)n2)cc1. The van der Waals surface area contributed by atoms with E-state index in [1.165, 1.54) is 11.1 Å². The van der Waals surface area contributed by atoms with Crippen molar-refractivity contribution >= 4 is 17.7 Å². The second-order valence-electron chi connectivity index (χ2n) is 3.55. The third kappa shape index (κ3) is 2.87. The molecular weight excluding hydrogens is 248 g/mol. The van der Waals surface area contributed by atoms with E-state index in [1.807, 2.05) is 24.3 Å². The van der Waals surface area contributed by atoms with Crippen LogP contribution in [0.2, 0.25) is 0 Å². The predicted octanol–water partition coefficient (Wildman–Crippen LogP) is 2.95. The molecule has 1 aromatic carbocycles. The van der Waals surface area contributed by atoms with Crippen molar-refractivity contribution in [1.82, 2.24) is 9.97 Å². The zero-order valence-corrected chi connectivity index (χ0v) is 10.6. The number of carboxylic acid groups (broad SMARTS) is 1. The first-order valence-corrected chi connectivity index (χ1v) is 6.48. The summed E-state index contributed by atoms with van der Waals surface area (Å²) in [6.45, 7) is 2.10. The Morgan fingerprint density at radius 3 is 2.61 bits per heavy atom. The van der Waals surface area contributed by atoms with E-state index < -0.39 is 5.97 Å². The molecule has 92 valence electrons. The highest BCUT2D eigenvalue weighted by atomic mass is 32.2. The zero-order chi connectivity index (χ0) is 13.0. The number of hydrogen-bond donors (Lipinski definition) is 1. The summed E-state index contributed by atoms with van der Waals surface area (Å²) >= 11 is 1.76. The molecule has 0 bridgehead atoms. The van der Waals surface area contributed by atoms with E-state index in [1.54, 1.807) is 18.0 Å². The highest BCUT2D eigenvalue weighted by molar-refractivity contribution is 7.99. The summed E-state index contributed by atoms with van der Waals surface area (Å²) in [6, 6.07) is 7.85. The van der Waals surface area contributed by atoms with Crippen molar-refractivity contribution < 1.29 is 9.90 Å². The zero-order valence-electron chi connectivity index (χ0n) is 9.83. The van der Waals surface area contributed by atoms with Crippen LogP contribution >= 0.6 is 11.8 Å². The lowest BCUT2D eigenvalue weighted by Gasteiger charge is -2.03. The van der Waals surface area contributed by atoms with Gasteiger partial charge in [-0.2, -0.15) is 0 Å². The van der Waals surface area contributed by atoms with Crippen molar-refractivity contribution in [2.75, 3.05) is 5.75 Å². The number of thioether (sulfide) groups is 1. The lowest BCUT2D eigenvalue weighted by atomic mass is 10.1. The molecule has 2 aromatic rings. The van der Waals surface area contributed by atoms with E-state index in [0.717, 1.165) is 11.3 Å². The fourth-order valence-electron chi connectivity index (χ4n) is 1.50. The maximum Gasteiger partial charge on any atom is 0.356 e. The number of aromatic nitrogens is 2. The minimum atomic E-state index is -1.07. The molecule has 0 aliphatic carbocycles. The molecule has 2 rings (SSSR count). The van der Waals surface area contributed by atoms with E-state index in [9.17, 15) is 4.79 Å². The van der Waals surface area contributed by atoms with Crippen LogP contribution in [0, 0.1) is 0 Å². The first-order chi connectivity index (χ1) is 8.70. The van der Waals surface area contributed by atoms with Crippen LogP contribution in [0.3, 0.4) is 0 Å². The summed E-state index contributed by atoms with van der Waals surface area (Å²) in [7, 11) is 0. The van der Waals surface area contributed by atoms with Gasteiger partial charge in [0.05, 0.1) is 18.1 Å². The van der Waals surface area contributed by atoms with Crippen LogP contribution in [-0.4, -0.2) is 26.8 Å². The second kappa shape index (κ2) is 5.64. The normalized spacial score (nSPS) is 10.3. The second-order valence-corrected chi connectivity index (χ2v) is 4.89. The van der Waals surface area contributed by atoms with Gasteiger partial charge in [0.1, 0.15) is 0 Å². The van der Waals surface area contributed by atoms with Gasteiger partial charge < -0.3 is 5.11 Å². The topological polar surface area (TPSA) is 63.1 Å². The van der Waals surface area contributed by atoms with Crippen LogP contribution in [0.1, 0.15) is 17.4 Å². The maximum atomic E-state index is 10.8. The minimum absolute atomic E-state index is 0.0421.